The van der Waals surface area contributed by atoms with E-state index in [1.165, 1.54) is 23.7 Å². The zero-order chi connectivity index (χ0) is 4.83. The summed E-state index contributed by atoms with van der Waals surface area (Å²) in [5, 5.41) is 0. The number of hydrogen-bond donors (Lipinski definition) is 0. The average molecular weight is 224 g/mol. The van der Waals surface area contributed by atoms with E-state index >= 15 is 0 Å². The van der Waals surface area contributed by atoms with E-state index in [1.54, 1.807) is 0 Å². The molecule has 0 bridgehead atoms. The van der Waals surface area contributed by atoms with Gasteiger partial charge in [-0.25, -0.2) is 0 Å². The van der Waals surface area contributed by atoms with Gasteiger partial charge in [-0.15, -0.1) is 0 Å². The summed E-state index contributed by atoms with van der Waals surface area (Å²) in [6.45, 7) is 2.23. The van der Waals surface area contributed by atoms with Crippen LogP contribution in [0.2, 0.25) is 0 Å². The zero-order valence-electron chi connectivity index (χ0n) is 6.91. The van der Waals surface area contributed by atoms with Crippen LogP contribution in [0.4, 0.5) is 0 Å². The Morgan fingerprint density at radius 2 is 2.00 bits per heavy atom. The van der Waals surface area contributed by atoms with Crippen LogP contribution < -0.4 is 0 Å². The van der Waals surface area contributed by atoms with Gasteiger partial charge in [0.05, 0.1) is 0 Å². The van der Waals surface area contributed by atoms with Crippen LogP contribution in [0, 0.1) is 0 Å². The minimum atomic E-state index is 0. The van der Waals surface area contributed by atoms with Crippen molar-refractivity contribution in [3.63, 3.8) is 0 Å². The normalized spacial score (nSPS) is 7.71. The maximum absolute atomic E-state index is 2.41. The summed E-state index contributed by atoms with van der Waals surface area (Å²) >= 11 is 2.41. The van der Waals surface area contributed by atoms with Crippen molar-refractivity contribution in [2.45, 2.75) is 26.2 Å². The van der Waals surface area contributed by atoms with E-state index < -0.39 is 0 Å². The number of unbranched alkanes of at least 4 members (excludes halogenated alkanes) is 2. The van der Waals surface area contributed by atoms with Crippen molar-refractivity contribution in [2.24, 2.45) is 0 Å². The van der Waals surface area contributed by atoms with Gasteiger partial charge in [0.1, 0.15) is 0 Å². The summed E-state index contributed by atoms with van der Waals surface area (Å²) in [5.41, 5.74) is 0. The second-order valence-corrected chi connectivity index (χ2v) is 2.47. The maximum Gasteiger partial charge on any atom is 2.00 e. The first kappa shape index (κ1) is 11.3. The molecule has 2 heteroatoms. The molecule has 0 atom stereocenters. The van der Waals surface area contributed by atoms with Crippen LogP contribution >= 0.6 is 22.6 Å². The molecular weight excluding hydrogens is 211 g/mol. The number of rotatable bonds is 3. The predicted molar refractivity (Wildman–Crippen MR) is 46.4 cm³/mol. The molecule has 0 aliphatic rings. The van der Waals surface area contributed by atoms with E-state index in [1.807, 2.05) is 0 Å². The van der Waals surface area contributed by atoms with Crippen molar-refractivity contribution in [1.29, 1.82) is 0 Å². The van der Waals surface area contributed by atoms with Crippen molar-refractivity contribution in [3.05, 3.63) is 0 Å². The topological polar surface area (TPSA) is 0 Å². The largest absolute Gasteiger partial charge is 2.00 e. The van der Waals surface area contributed by atoms with Crippen molar-refractivity contribution in [3.8, 4) is 0 Å². The molecule has 0 unspecified atom stereocenters. The van der Waals surface area contributed by atoms with Gasteiger partial charge in [-0.05, 0) is 10.8 Å². The number of alkyl halides is 1. The molecule has 7 heavy (non-hydrogen) atoms. The first-order valence-corrected chi connectivity index (χ1v) is 4.00. The predicted octanol–water partition coefficient (Wildman–Crippen LogP) is 2.46. The Bertz CT molecular complexity index is 26.9. The van der Waals surface area contributed by atoms with Gasteiger partial charge in [0, 0.05) is 0 Å². The summed E-state index contributed by atoms with van der Waals surface area (Å²) in [4.78, 5) is 0. The summed E-state index contributed by atoms with van der Waals surface area (Å²) < 4.78 is 1.32. The molecule has 0 amide bonds. The van der Waals surface area contributed by atoms with E-state index in [0.717, 1.165) is 0 Å². The molecule has 0 spiro atoms. The Kier molecular flexibility index (Phi) is 16.9. The molecule has 0 aromatic carbocycles. The molecule has 0 heterocycles. The van der Waals surface area contributed by atoms with Gasteiger partial charge in [0.15, 0.2) is 0 Å². The number of halogens is 1. The zero-order valence-corrected chi connectivity index (χ0v) is 8.49. The third-order valence-electron chi connectivity index (χ3n) is 0.737. The SMILES string of the molecule is CCCCCI.[H-].[H-].[Mg+2]. The van der Waals surface area contributed by atoms with Gasteiger partial charge < -0.3 is 2.85 Å². The molecule has 0 fully saturated rings. The Morgan fingerprint density at radius 1 is 1.43 bits per heavy atom. The number of hydrogen-bond acceptors (Lipinski definition) is 0. The molecule has 0 saturated heterocycles. The Hall–Kier alpha value is 1.50. The van der Waals surface area contributed by atoms with Crippen LogP contribution in [0.3, 0.4) is 0 Å². The molecule has 0 aromatic rings. The third-order valence-corrected chi connectivity index (χ3v) is 1.50. The van der Waals surface area contributed by atoms with Crippen LogP contribution in [0.5, 0.6) is 0 Å². The van der Waals surface area contributed by atoms with Gasteiger partial charge in [0.2, 0.25) is 0 Å². The second kappa shape index (κ2) is 10.5. The quantitative estimate of drug-likeness (QED) is 0.299. The fourth-order valence-electron chi connectivity index (χ4n) is 0.344. The van der Waals surface area contributed by atoms with Crippen molar-refractivity contribution in [2.75, 3.05) is 4.43 Å². The fraction of sp³-hybridized carbons (Fsp3) is 1.00. The van der Waals surface area contributed by atoms with Crippen LogP contribution in [0.15, 0.2) is 0 Å². The molecule has 0 nitrogen and oxygen atoms in total. The van der Waals surface area contributed by atoms with Crippen LogP contribution in [-0.4, -0.2) is 27.5 Å². The molecule has 0 aliphatic carbocycles. The second-order valence-electron chi connectivity index (χ2n) is 1.40. The monoisotopic (exact) mass is 224 g/mol. The molecule has 0 radical (unpaired) electrons. The summed E-state index contributed by atoms with van der Waals surface area (Å²) in [5.74, 6) is 0. The first-order valence-electron chi connectivity index (χ1n) is 2.47. The van der Waals surface area contributed by atoms with Crippen molar-refractivity contribution in [1.82, 2.24) is 0 Å². The molecule has 0 aromatic heterocycles. The van der Waals surface area contributed by atoms with Gasteiger partial charge in [0.25, 0.3) is 0 Å². The van der Waals surface area contributed by atoms with Crippen molar-refractivity contribution < 1.29 is 2.85 Å². The standard InChI is InChI=1S/C5H11I.Mg.2H/c1-2-3-4-5-6;;;/h2-5H2,1H3;;;/q;+2;2*-1. The fourth-order valence-corrected chi connectivity index (χ4v) is 0.884. The average Bonchev–Trinajstić information content (AvgIpc) is 1.61. The Labute approximate surface area is 78.7 Å². The molecule has 0 N–H and O–H groups in total. The van der Waals surface area contributed by atoms with Gasteiger partial charge in [-0.2, -0.15) is 0 Å². The van der Waals surface area contributed by atoms with Gasteiger partial charge >= 0.3 is 23.1 Å². The van der Waals surface area contributed by atoms with Crippen LogP contribution in [0.1, 0.15) is 29.0 Å². The summed E-state index contributed by atoms with van der Waals surface area (Å²) in [7, 11) is 0. The van der Waals surface area contributed by atoms with Crippen molar-refractivity contribution >= 4 is 45.6 Å². The van der Waals surface area contributed by atoms with E-state index in [2.05, 4.69) is 29.5 Å². The van der Waals surface area contributed by atoms with E-state index in [4.69, 9.17) is 0 Å². The van der Waals surface area contributed by atoms with Gasteiger partial charge in [-0.3, -0.25) is 0 Å². The maximum atomic E-state index is 2.41. The third kappa shape index (κ3) is 11.2. The van der Waals surface area contributed by atoms with Crippen LogP contribution in [0.25, 0.3) is 0 Å². The summed E-state index contributed by atoms with van der Waals surface area (Å²) in [6.07, 6.45) is 4.16. The minimum absolute atomic E-state index is 0. The first-order chi connectivity index (χ1) is 2.91. The van der Waals surface area contributed by atoms with E-state index in [0.29, 0.717) is 0 Å². The smallest absolute Gasteiger partial charge is 1.00 e. The summed E-state index contributed by atoms with van der Waals surface area (Å²) in [6, 6.07) is 0. The van der Waals surface area contributed by atoms with Crippen LogP contribution in [-0.2, 0) is 0 Å². The minimum Gasteiger partial charge on any atom is -1.00 e. The van der Waals surface area contributed by atoms with E-state index in [-0.39, 0.29) is 25.9 Å². The molecule has 42 valence electrons. The Morgan fingerprint density at radius 3 is 2.14 bits per heavy atom. The Balaban J connectivity index is -0.0000000417. The molecule has 0 saturated carbocycles. The molecule has 0 rings (SSSR count). The van der Waals surface area contributed by atoms with Gasteiger partial charge in [-0.1, -0.05) is 42.4 Å². The molecular formula is C5H13IMg. The van der Waals surface area contributed by atoms with E-state index in [9.17, 15) is 0 Å². The molecule has 0 aliphatic heterocycles.